The quantitative estimate of drug-likeness (QED) is 0.605. The van der Waals surface area contributed by atoms with Crippen LogP contribution in [0.25, 0.3) is 33.3 Å². The van der Waals surface area contributed by atoms with Crippen molar-refractivity contribution in [3.8, 4) is 33.9 Å². The predicted molar refractivity (Wildman–Crippen MR) is 97.9 cm³/mol. The summed E-state index contributed by atoms with van der Waals surface area (Å²) in [6.07, 6.45) is 3.60. The number of pyridine rings is 1. The molecule has 0 aliphatic carbocycles. The summed E-state index contributed by atoms with van der Waals surface area (Å²) >= 11 is 0. The number of methoxy groups -OCH3 is 2. The zero-order valence-corrected chi connectivity index (χ0v) is 14.0. The lowest BCUT2D eigenvalue weighted by Gasteiger charge is -2.13. The van der Waals surface area contributed by atoms with Gasteiger partial charge in [0.1, 0.15) is 0 Å². The van der Waals surface area contributed by atoms with Crippen LogP contribution < -0.4 is 9.47 Å². The molecule has 0 aliphatic rings. The summed E-state index contributed by atoms with van der Waals surface area (Å²) < 4.78 is 10.9. The highest BCUT2D eigenvalue weighted by Crippen LogP contribution is 2.38. The van der Waals surface area contributed by atoms with Gasteiger partial charge in [0.05, 0.1) is 31.6 Å². The van der Waals surface area contributed by atoms with Crippen molar-refractivity contribution >= 4 is 10.9 Å². The number of hydrogen-bond donors (Lipinski definition) is 1. The van der Waals surface area contributed by atoms with E-state index in [-0.39, 0.29) is 0 Å². The van der Waals surface area contributed by atoms with Gasteiger partial charge in [0.2, 0.25) is 0 Å². The molecule has 0 aliphatic heterocycles. The molecule has 2 heterocycles. The van der Waals surface area contributed by atoms with E-state index >= 15 is 0 Å². The van der Waals surface area contributed by atoms with Gasteiger partial charge in [-0.3, -0.25) is 5.10 Å². The average molecular weight is 331 g/mol. The number of aromatic nitrogens is 3. The van der Waals surface area contributed by atoms with E-state index in [0.29, 0.717) is 11.5 Å². The second kappa shape index (κ2) is 6.28. The zero-order chi connectivity index (χ0) is 17.2. The molecule has 124 valence electrons. The van der Waals surface area contributed by atoms with E-state index in [9.17, 15) is 0 Å². The highest BCUT2D eigenvalue weighted by molar-refractivity contribution is 5.98. The van der Waals surface area contributed by atoms with E-state index < -0.39 is 0 Å². The van der Waals surface area contributed by atoms with Gasteiger partial charge in [-0.15, -0.1) is 0 Å². The molecule has 4 rings (SSSR count). The molecule has 25 heavy (non-hydrogen) atoms. The van der Waals surface area contributed by atoms with E-state index in [1.165, 1.54) is 0 Å². The van der Waals surface area contributed by atoms with Crippen molar-refractivity contribution in [1.82, 2.24) is 15.2 Å². The Morgan fingerprint density at radius 1 is 0.880 bits per heavy atom. The Balaban J connectivity index is 2.05. The molecule has 0 amide bonds. The van der Waals surface area contributed by atoms with Crippen molar-refractivity contribution in [3.63, 3.8) is 0 Å². The van der Waals surface area contributed by atoms with Crippen molar-refractivity contribution in [2.45, 2.75) is 0 Å². The van der Waals surface area contributed by atoms with Crippen LogP contribution in [0.15, 0.2) is 60.9 Å². The minimum Gasteiger partial charge on any atom is -0.493 e. The number of ether oxygens (including phenoxy) is 2. The van der Waals surface area contributed by atoms with Crippen molar-refractivity contribution in [2.75, 3.05) is 14.2 Å². The summed E-state index contributed by atoms with van der Waals surface area (Å²) in [5.41, 5.74) is 4.84. The predicted octanol–water partition coefficient (Wildman–Crippen LogP) is 4.31. The second-order valence-corrected chi connectivity index (χ2v) is 5.63. The minimum atomic E-state index is 0.658. The van der Waals surface area contributed by atoms with Crippen LogP contribution >= 0.6 is 0 Å². The van der Waals surface area contributed by atoms with Gasteiger partial charge in [0, 0.05) is 23.2 Å². The maximum Gasteiger partial charge on any atom is 0.162 e. The van der Waals surface area contributed by atoms with Crippen molar-refractivity contribution in [1.29, 1.82) is 0 Å². The molecular formula is C20H17N3O2. The molecule has 4 aromatic rings. The number of H-pyrrole nitrogens is 1. The highest BCUT2D eigenvalue weighted by Gasteiger charge is 2.14. The Kier molecular flexibility index (Phi) is 3.82. The molecule has 5 nitrogen and oxygen atoms in total. The zero-order valence-electron chi connectivity index (χ0n) is 14.0. The Morgan fingerprint density at radius 2 is 1.64 bits per heavy atom. The van der Waals surface area contributed by atoms with Crippen LogP contribution in [0.2, 0.25) is 0 Å². The Bertz CT molecular complexity index is 1010. The van der Waals surface area contributed by atoms with Gasteiger partial charge in [-0.2, -0.15) is 5.10 Å². The number of nitrogens with one attached hydrogen (secondary N) is 1. The summed E-state index contributed by atoms with van der Waals surface area (Å²) in [7, 11) is 3.26. The second-order valence-electron chi connectivity index (χ2n) is 5.63. The first-order valence-electron chi connectivity index (χ1n) is 7.91. The third-order valence-electron chi connectivity index (χ3n) is 4.19. The molecule has 0 spiro atoms. The molecule has 1 N–H and O–H groups in total. The van der Waals surface area contributed by atoms with Gasteiger partial charge >= 0.3 is 0 Å². The molecule has 0 radical (unpaired) electrons. The fourth-order valence-corrected chi connectivity index (χ4v) is 2.95. The fourth-order valence-electron chi connectivity index (χ4n) is 2.95. The lowest BCUT2D eigenvalue weighted by Crippen LogP contribution is -1.94. The van der Waals surface area contributed by atoms with Crippen LogP contribution in [0.5, 0.6) is 11.5 Å². The van der Waals surface area contributed by atoms with Crippen LogP contribution in [-0.4, -0.2) is 29.4 Å². The summed E-state index contributed by atoms with van der Waals surface area (Å²) in [5.74, 6) is 1.34. The number of nitrogens with zero attached hydrogens (tertiary/aromatic N) is 2. The molecular weight excluding hydrogens is 314 g/mol. The minimum absolute atomic E-state index is 0.658. The summed E-state index contributed by atoms with van der Waals surface area (Å²) in [6, 6.07) is 16.2. The van der Waals surface area contributed by atoms with Crippen LogP contribution in [0.3, 0.4) is 0 Å². The van der Waals surface area contributed by atoms with Crippen LogP contribution in [0, 0.1) is 0 Å². The number of fused-ring (bicyclic) bond motifs is 1. The van der Waals surface area contributed by atoms with Crippen LogP contribution in [0.1, 0.15) is 0 Å². The van der Waals surface area contributed by atoms with Gasteiger partial charge in [0.25, 0.3) is 0 Å². The molecule has 0 saturated carbocycles. The third kappa shape index (κ3) is 2.70. The Hall–Kier alpha value is -3.34. The molecule has 0 bridgehead atoms. The van der Waals surface area contributed by atoms with E-state index in [1.807, 2.05) is 36.5 Å². The smallest absolute Gasteiger partial charge is 0.162 e. The first-order chi connectivity index (χ1) is 12.3. The summed E-state index contributed by atoms with van der Waals surface area (Å²) in [5, 5.41) is 7.88. The molecule has 2 aromatic heterocycles. The number of rotatable bonds is 4. The van der Waals surface area contributed by atoms with Gasteiger partial charge in [-0.25, -0.2) is 4.98 Å². The first kappa shape index (κ1) is 15.2. The first-order valence-corrected chi connectivity index (χ1v) is 7.91. The fraction of sp³-hybridized carbons (Fsp3) is 0.100. The highest BCUT2D eigenvalue weighted by atomic mass is 16.5. The third-order valence-corrected chi connectivity index (χ3v) is 4.19. The summed E-state index contributed by atoms with van der Waals surface area (Å²) in [4.78, 5) is 4.79. The molecule has 2 aromatic carbocycles. The van der Waals surface area contributed by atoms with Crippen LogP contribution in [0.4, 0.5) is 0 Å². The van der Waals surface area contributed by atoms with Crippen molar-refractivity contribution in [3.05, 3.63) is 60.9 Å². The van der Waals surface area contributed by atoms with Crippen LogP contribution in [-0.2, 0) is 0 Å². The Morgan fingerprint density at radius 3 is 2.32 bits per heavy atom. The largest absolute Gasteiger partial charge is 0.493 e. The molecule has 5 heteroatoms. The molecule has 0 fully saturated rings. The topological polar surface area (TPSA) is 60.0 Å². The maximum atomic E-state index is 5.47. The number of hydrogen-bond acceptors (Lipinski definition) is 4. The maximum absolute atomic E-state index is 5.47. The SMILES string of the molecule is COc1cc2nc(-c3cn[nH]c3)cc(-c3ccccc3)c2cc1OC. The number of benzene rings is 2. The van der Waals surface area contributed by atoms with Gasteiger partial charge < -0.3 is 9.47 Å². The standard InChI is InChI=1S/C20H17N3O2/c1-24-19-9-16-15(13-6-4-3-5-7-13)8-17(14-11-21-22-12-14)23-18(16)10-20(19)25-2/h3-12H,1-2H3,(H,21,22). The number of aromatic amines is 1. The normalized spacial score (nSPS) is 10.8. The van der Waals surface area contributed by atoms with Gasteiger partial charge in [-0.05, 0) is 23.3 Å². The van der Waals surface area contributed by atoms with E-state index in [1.54, 1.807) is 20.4 Å². The molecule has 0 atom stereocenters. The summed E-state index contributed by atoms with van der Waals surface area (Å²) in [6.45, 7) is 0. The Labute approximate surface area is 145 Å². The van der Waals surface area contributed by atoms with E-state index in [0.717, 1.165) is 33.3 Å². The lowest BCUT2D eigenvalue weighted by atomic mass is 9.98. The van der Waals surface area contributed by atoms with E-state index in [4.69, 9.17) is 14.5 Å². The molecule has 0 saturated heterocycles. The monoisotopic (exact) mass is 331 g/mol. The van der Waals surface area contributed by atoms with Gasteiger partial charge in [0.15, 0.2) is 11.5 Å². The molecule has 0 unspecified atom stereocenters. The van der Waals surface area contributed by atoms with Gasteiger partial charge in [-0.1, -0.05) is 30.3 Å². The van der Waals surface area contributed by atoms with Crippen molar-refractivity contribution < 1.29 is 9.47 Å². The van der Waals surface area contributed by atoms with Crippen molar-refractivity contribution in [2.24, 2.45) is 0 Å². The lowest BCUT2D eigenvalue weighted by molar-refractivity contribution is 0.356. The average Bonchev–Trinajstić information content (AvgIpc) is 3.21. The van der Waals surface area contributed by atoms with E-state index in [2.05, 4.69) is 28.4 Å².